The molecule has 0 aliphatic rings. The largest absolute Gasteiger partial charge is 0.593 e. The quantitative estimate of drug-likeness (QED) is 0.126. The van der Waals surface area contributed by atoms with Gasteiger partial charge in [0.2, 0.25) is 11.8 Å². The molecule has 3 rings (SSSR count). The molecule has 58 heavy (non-hydrogen) atoms. The van der Waals surface area contributed by atoms with E-state index in [1.165, 1.54) is 43.1 Å². The maximum absolute atomic E-state index is 14.5. The third-order valence-corrected chi connectivity index (χ3v) is 10.5. The van der Waals surface area contributed by atoms with Gasteiger partial charge < -0.3 is 39.5 Å². The number of benzene rings is 3. The van der Waals surface area contributed by atoms with Crippen molar-refractivity contribution in [3.63, 3.8) is 0 Å². The maximum atomic E-state index is 14.5. The summed E-state index contributed by atoms with van der Waals surface area (Å²) in [5.74, 6) is -2.91. The first kappa shape index (κ1) is 46.8. The molecule has 0 aliphatic carbocycles. The van der Waals surface area contributed by atoms with Gasteiger partial charge in [-0.1, -0.05) is 52.0 Å². The number of carbonyl (C=O) groups is 5. The topological polar surface area (TPSA) is 178 Å². The molecule has 0 radical (unpaired) electrons. The van der Waals surface area contributed by atoms with Gasteiger partial charge in [-0.25, -0.2) is 4.79 Å². The molecule has 3 amide bonds. The lowest BCUT2D eigenvalue weighted by molar-refractivity contribution is -0.164. The number of ether oxygens (including phenoxy) is 3. The molecule has 316 valence electrons. The van der Waals surface area contributed by atoms with Gasteiger partial charge in [0.1, 0.15) is 35.7 Å². The van der Waals surface area contributed by atoms with Gasteiger partial charge >= 0.3 is 11.9 Å². The fourth-order valence-corrected chi connectivity index (χ4v) is 6.44. The van der Waals surface area contributed by atoms with Crippen LogP contribution in [0.25, 0.3) is 0 Å². The van der Waals surface area contributed by atoms with Gasteiger partial charge in [-0.15, -0.1) is 0 Å². The normalized spacial score (nSPS) is 14.3. The number of phenols is 1. The third kappa shape index (κ3) is 12.7. The highest BCUT2D eigenvalue weighted by atomic mass is 16.6. The molecule has 4 N–H and O–H groups in total. The Bertz CT molecular complexity index is 1820. The Kier molecular flexibility index (Phi) is 17.5. The molecule has 0 bridgehead atoms. The Labute approximate surface area is 342 Å². The molecule has 0 aliphatic heterocycles. The summed E-state index contributed by atoms with van der Waals surface area (Å²) < 4.78 is 16.3. The molecule has 3 aromatic rings. The number of nitrogens with zero attached hydrogens (tertiary/aromatic N) is 3. The summed E-state index contributed by atoms with van der Waals surface area (Å²) in [5, 5.41) is 20.6. The van der Waals surface area contributed by atoms with Crippen LogP contribution >= 0.6 is 0 Å². The standard InChI is InChI=1S/C44H60N4O10/c1-11-28(4)39(58-44(55)36(46(5)6)25-31-16-22-34(56-9)23-17-31)40(51)45-38(27(2)3)42(53)47(7)35(24-29-12-18-32(49)19-13-29)41(52)48(8)37(43(54)57-10)26-30-14-20-33(50)21-15-30/h12-23,27-28,35-39,49-50H,11,24-26H2,1-10H3,(H,45,51)/p+1/t28-,35+,36-,37+,38+,39+/m1/s1. The zero-order chi connectivity index (χ0) is 43.3. The van der Waals surface area contributed by atoms with E-state index in [-0.39, 0.29) is 18.6 Å². The van der Waals surface area contributed by atoms with Crippen LogP contribution in [-0.4, -0.2) is 127 Å². The van der Waals surface area contributed by atoms with Crippen LogP contribution in [0.4, 0.5) is 0 Å². The van der Waals surface area contributed by atoms with E-state index in [0.29, 0.717) is 35.5 Å². The average Bonchev–Trinajstić information content (AvgIpc) is 3.21. The first-order chi connectivity index (χ1) is 27.4. The van der Waals surface area contributed by atoms with Crippen LogP contribution in [0.3, 0.4) is 0 Å². The van der Waals surface area contributed by atoms with E-state index in [0.717, 1.165) is 5.56 Å². The number of rotatable bonds is 20. The van der Waals surface area contributed by atoms with E-state index < -0.39 is 71.8 Å². The monoisotopic (exact) mass is 805 g/mol. The minimum Gasteiger partial charge on any atom is -0.593 e. The second-order valence-corrected chi connectivity index (χ2v) is 15.2. The van der Waals surface area contributed by atoms with Crippen molar-refractivity contribution in [3.8, 4) is 17.2 Å². The number of hydrogen-bond acceptors (Lipinski definition) is 10. The number of phenolic OH excluding ortho intramolecular Hbond substituents is 1. The summed E-state index contributed by atoms with van der Waals surface area (Å²) in [6.07, 6.45) is -0.295. The van der Waals surface area contributed by atoms with E-state index in [9.17, 15) is 29.1 Å². The number of hydrogen-bond donors (Lipinski definition) is 2. The number of carbonyl (C=O) groups excluding carboxylic acids is 5. The Hall–Kier alpha value is -5.63. The molecule has 0 saturated heterocycles. The fourth-order valence-electron chi connectivity index (χ4n) is 6.44. The summed E-state index contributed by atoms with van der Waals surface area (Å²) in [6, 6.07) is 16.0. The van der Waals surface area contributed by atoms with E-state index in [2.05, 4.69) is 5.32 Å². The van der Waals surface area contributed by atoms with Crippen molar-refractivity contribution in [2.45, 2.75) is 83.6 Å². The number of amides is 3. The van der Waals surface area contributed by atoms with Gasteiger partial charge in [0.15, 0.2) is 6.10 Å². The molecular formula is C44H61N4O10+. The van der Waals surface area contributed by atoms with Crippen molar-refractivity contribution < 1.29 is 48.4 Å². The predicted octanol–water partition coefficient (Wildman–Crippen LogP) is 3.72. The minimum atomic E-state index is -1.22. The maximum Gasteiger partial charge on any atom is 0.328 e. The number of aromatic hydroxyl groups is 1. The van der Waals surface area contributed by atoms with Crippen LogP contribution < -0.4 is 10.1 Å². The lowest BCUT2D eigenvalue weighted by Crippen LogP contribution is -2.59. The minimum absolute atomic E-state index is 0.0130. The summed E-state index contributed by atoms with van der Waals surface area (Å²) in [5.41, 5.74) is 2.20. The first-order valence-corrected chi connectivity index (χ1v) is 19.4. The predicted molar refractivity (Wildman–Crippen MR) is 220 cm³/mol. The molecule has 0 aromatic heterocycles. The van der Waals surface area contributed by atoms with Gasteiger partial charge in [-0.2, -0.15) is 0 Å². The Balaban J connectivity index is 1.92. The number of esters is 2. The van der Waals surface area contributed by atoms with Gasteiger partial charge in [0.05, 0.1) is 14.2 Å². The SMILES string of the molecule is CC[C@@H](C)[C@H](OC(=O)[C@@H](Cc1ccc(OC)cc1)N(C)C)C(=O)N[C@H](C(=O)N(C)[C@@H](Cc1ccc(O)cc1)C(=O)N(C)[C@@H](Cc1ccc([OH2+])cc1)C(=O)OC)C(C)C. The van der Waals surface area contributed by atoms with Crippen molar-refractivity contribution in [3.05, 3.63) is 89.5 Å². The van der Waals surface area contributed by atoms with E-state index in [1.54, 1.807) is 95.4 Å². The van der Waals surface area contributed by atoms with Crippen LogP contribution in [0, 0.1) is 11.8 Å². The zero-order valence-electron chi connectivity index (χ0n) is 35.4. The molecule has 0 unspecified atom stereocenters. The highest BCUT2D eigenvalue weighted by molar-refractivity contribution is 5.95. The molecule has 0 spiro atoms. The third-order valence-electron chi connectivity index (χ3n) is 10.5. The number of likely N-dealkylation sites (N-methyl/N-ethyl adjacent to an activating group) is 3. The van der Waals surface area contributed by atoms with Crippen LogP contribution in [0.5, 0.6) is 17.2 Å². The summed E-state index contributed by atoms with van der Waals surface area (Å²) in [7, 11) is 9.25. The van der Waals surface area contributed by atoms with Gasteiger partial charge in [-0.3, -0.25) is 24.1 Å². The summed E-state index contributed by atoms with van der Waals surface area (Å²) in [6.45, 7) is 7.19. The number of nitrogens with one attached hydrogen (secondary N) is 1. The van der Waals surface area contributed by atoms with Crippen molar-refractivity contribution in [1.82, 2.24) is 20.0 Å². The van der Waals surface area contributed by atoms with Crippen LogP contribution in [0.2, 0.25) is 0 Å². The summed E-state index contributed by atoms with van der Waals surface area (Å²) >= 11 is 0. The Morgan fingerprint density at radius 2 is 1.17 bits per heavy atom. The number of methoxy groups -OCH3 is 2. The van der Waals surface area contributed by atoms with Crippen LogP contribution in [0.1, 0.15) is 50.8 Å². The fraction of sp³-hybridized carbons (Fsp3) is 0.477. The second-order valence-electron chi connectivity index (χ2n) is 15.2. The highest BCUT2D eigenvalue weighted by Crippen LogP contribution is 2.22. The highest BCUT2D eigenvalue weighted by Gasteiger charge is 2.40. The molecule has 0 heterocycles. The molecule has 6 atom stereocenters. The second kappa shape index (κ2) is 21.8. The van der Waals surface area contributed by atoms with E-state index in [4.69, 9.17) is 19.3 Å². The smallest absolute Gasteiger partial charge is 0.328 e. The molecule has 0 saturated carbocycles. The lowest BCUT2D eigenvalue weighted by atomic mass is 9.96. The van der Waals surface area contributed by atoms with Crippen molar-refractivity contribution in [1.29, 1.82) is 0 Å². The molecule has 14 heteroatoms. The van der Waals surface area contributed by atoms with E-state index >= 15 is 0 Å². The molecular weight excluding hydrogens is 745 g/mol. The van der Waals surface area contributed by atoms with Gasteiger partial charge in [-0.05, 0) is 85.9 Å². The first-order valence-electron chi connectivity index (χ1n) is 19.4. The van der Waals surface area contributed by atoms with Crippen molar-refractivity contribution in [2.75, 3.05) is 42.4 Å². The molecule has 3 aromatic carbocycles. The summed E-state index contributed by atoms with van der Waals surface area (Å²) in [4.78, 5) is 74.3. The Morgan fingerprint density at radius 3 is 1.66 bits per heavy atom. The van der Waals surface area contributed by atoms with Crippen molar-refractivity contribution >= 4 is 29.7 Å². The van der Waals surface area contributed by atoms with Gasteiger partial charge in [0, 0.05) is 45.0 Å². The van der Waals surface area contributed by atoms with E-state index in [1.807, 2.05) is 19.1 Å². The van der Waals surface area contributed by atoms with Gasteiger partial charge in [0.25, 0.3) is 11.7 Å². The van der Waals surface area contributed by atoms with Crippen LogP contribution in [-0.2, 0) is 52.7 Å². The van der Waals surface area contributed by atoms with Crippen molar-refractivity contribution in [2.24, 2.45) is 11.8 Å². The molecule has 14 nitrogen and oxygen atoms in total. The van der Waals surface area contributed by atoms with Crippen LogP contribution in [0.15, 0.2) is 72.8 Å². The lowest BCUT2D eigenvalue weighted by Gasteiger charge is -2.36. The molecule has 0 fully saturated rings. The Morgan fingerprint density at radius 1 is 0.690 bits per heavy atom. The average molecular weight is 806 g/mol. The zero-order valence-corrected chi connectivity index (χ0v) is 35.4.